The predicted octanol–water partition coefficient (Wildman–Crippen LogP) is 8.30. The van der Waals surface area contributed by atoms with Gasteiger partial charge in [-0.2, -0.15) is 0 Å². The molecule has 4 N–H and O–H groups in total. The molecule has 6 rings (SSSR count). The quantitative estimate of drug-likeness (QED) is 0.202. The first-order chi connectivity index (χ1) is 20.2. The summed E-state index contributed by atoms with van der Waals surface area (Å²) in [6.45, 7) is 0.732. The third-order valence-electron chi connectivity index (χ3n) is 8.03. The molecule has 3 atom stereocenters. The van der Waals surface area contributed by atoms with E-state index in [1.54, 1.807) is 0 Å². The third-order valence-corrected chi connectivity index (χ3v) is 8.03. The van der Waals surface area contributed by atoms with E-state index < -0.39 is 0 Å². The van der Waals surface area contributed by atoms with Crippen LogP contribution in [-0.2, 0) is 6.54 Å². The van der Waals surface area contributed by atoms with E-state index in [0.717, 1.165) is 36.3 Å². The van der Waals surface area contributed by atoms with Crippen molar-refractivity contribution in [1.82, 2.24) is 5.32 Å². The summed E-state index contributed by atoms with van der Waals surface area (Å²) in [7, 11) is 0. The third kappa shape index (κ3) is 6.42. The lowest BCUT2D eigenvalue weighted by atomic mass is 9.76. The maximum absolute atomic E-state index is 6.50. The van der Waals surface area contributed by atoms with E-state index in [1.165, 1.54) is 27.8 Å². The molecular formula is C38H37N3. The zero-order chi connectivity index (χ0) is 27.9. The van der Waals surface area contributed by atoms with Crippen molar-refractivity contribution in [2.75, 3.05) is 5.32 Å². The van der Waals surface area contributed by atoms with Gasteiger partial charge in [-0.3, -0.25) is 0 Å². The van der Waals surface area contributed by atoms with Crippen LogP contribution in [0.25, 0.3) is 5.70 Å². The molecule has 2 aliphatic carbocycles. The molecule has 3 unspecified atom stereocenters. The number of rotatable bonds is 9. The zero-order valence-corrected chi connectivity index (χ0v) is 23.3. The van der Waals surface area contributed by atoms with Crippen molar-refractivity contribution in [1.29, 1.82) is 0 Å². The lowest BCUT2D eigenvalue weighted by molar-refractivity contribution is 0.621. The Labute approximate surface area is 243 Å². The minimum absolute atomic E-state index is 0.000710. The van der Waals surface area contributed by atoms with Crippen molar-refractivity contribution in [2.24, 2.45) is 5.73 Å². The first-order valence-electron chi connectivity index (χ1n) is 14.5. The second-order valence-corrected chi connectivity index (χ2v) is 10.8. The van der Waals surface area contributed by atoms with Gasteiger partial charge in [-0.1, -0.05) is 127 Å². The molecule has 204 valence electrons. The zero-order valence-electron chi connectivity index (χ0n) is 23.3. The molecule has 0 fully saturated rings. The van der Waals surface area contributed by atoms with Gasteiger partial charge in [-0.25, -0.2) is 0 Å². The van der Waals surface area contributed by atoms with Gasteiger partial charge in [0.15, 0.2) is 0 Å². The Balaban J connectivity index is 1.16. The first-order valence-corrected chi connectivity index (χ1v) is 14.5. The van der Waals surface area contributed by atoms with Crippen LogP contribution in [0.15, 0.2) is 157 Å². The fraction of sp³-hybridized carbons (Fsp3) is 0.158. The molecule has 3 nitrogen and oxygen atoms in total. The van der Waals surface area contributed by atoms with Crippen LogP contribution in [0.5, 0.6) is 0 Å². The van der Waals surface area contributed by atoms with Crippen LogP contribution < -0.4 is 16.4 Å². The largest absolute Gasteiger partial charge is 0.398 e. The molecule has 0 amide bonds. The van der Waals surface area contributed by atoms with Gasteiger partial charge >= 0.3 is 0 Å². The van der Waals surface area contributed by atoms with E-state index in [2.05, 4.69) is 120 Å². The molecule has 4 aromatic carbocycles. The Morgan fingerprint density at radius 3 is 2.22 bits per heavy atom. The Kier molecular flexibility index (Phi) is 8.25. The highest BCUT2D eigenvalue weighted by molar-refractivity contribution is 5.63. The van der Waals surface area contributed by atoms with E-state index >= 15 is 0 Å². The molecule has 4 aromatic rings. The standard InChI is InChI=1S/C38H37N3/c39-35(30-13-4-1-5-14-30)26-37(31-15-6-2-7-16-31)40-27-28-20-23-33(24-21-28)41-36-25-22-29-12-10-11-19-34(29)38(36)32-17-8-3-9-18-32/h1-9,11,13-26,36-38,40-41H,10,12,27,39H2/b35-26-. The van der Waals surface area contributed by atoms with E-state index in [1.807, 2.05) is 36.4 Å². The second kappa shape index (κ2) is 12.7. The van der Waals surface area contributed by atoms with E-state index in [0.29, 0.717) is 5.92 Å². The molecule has 0 aliphatic heterocycles. The molecule has 0 saturated carbocycles. The van der Waals surface area contributed by atoms with Crippen molar-refractivity contribution in [3.05, 3.63) is 179 Å². The summed E-state index contributed by atoms with van der Waals surface area (Å²) in [6.07, 6.45) is 13.7. The van der Waals surface area contributed by atoms with Gasteiger partial charge in [0, 0.05) is 23.8 Å². The van der Waals surface area contributed by atoms with Crippen LogP contribution in [0.2, 0.25) is 0 Å². The molecule has 41 heavy (non-hydrogen) atoms. The van der Waals surface area contributed by atoms with Crippen LogP contribution >= 0.6 is 0 Å². The Morgan fingerprint density at radius 2 is 1.49 bits per heavy atom. The summed E-state index contributed by atoms with van der Waals surface area (Å²) in [4.78, 5) is 0. The molecule has 3 heteroatoms. The SMILES string of the molecule is N/C(=C\C(NCc1ccc(NC2C=CC3=C(C=CCC3)C2c2ccccc2)cc1)c1ccccc1)c1ccccc1. The number of hydrogen-bond donors (Lipinski definition) is 3. The van der Waals surface area contributed by atoms with Crippen molar-refractivity contribution in [2.45, 2.75) is 37.4 Å². The van der Waals surface area contributed by atoms with Gasteiger partial charge in [-0.15, -0.1) is 0 Å². The molecule has 0 saturated heterocycles. The summed E-state index contributed by atoms with van der Waals surface area (Å²) in [5.74, 6) is 0.294. The Morgan fingerprint density at radius 1 is 0.805 bits per heavy atom. The second-order valence-electron chi connectivity index (χ2n) is 10.8. The van der Waals surface area contributed by atoms with Crippen molar-refractivity contribution in [3.63, 3.8) is 0 Å². The molecular weight excluding hydrogens is 498 g/mol. The van der Waals surface area contributed by atoms with Crippen LogP contribution in [0, 0.1) is 0 Å². The summed E-state index contributed by atoms with van der Waals surface area (Å²) in [5.41, 5.74) is 16.1. The summed E-state index contributed by atoms with van der Waals surface area (Å²) in [6, 6.07) is 40.5. The molecule has 0 aromatic heterocycles. The molecule has 0 bridgehead atoms. The maximum Gasteiger partial charge on any atom is 0.0556 e. The number of hydrogen-bond acceptors (Lipinski definition) is 3. The summed E-state index contributed by atoms with van der Waals surface area (Å²) >= 11 is 0. The van der Waals surface area contributed by atoms with E-state index in [9.17, 15) is 0 Å². The van der Waals surface area contributed by atoms with E-state index in [-0.39, 0.29) is 12.1 Å². The Bertz CT molecular complexity index is 1550. The number of benzene rings is 4. The van der Waals surface area contributed by atoms with Gasteiger partial charge in [0.05, 0.1) is 12.1 Å². The van der Waals surface area contributed by atoms with Crippen LogP contribution in [0.3, 0.4) is 0 Å². The molecule has 2 aliphatic rings. The number of nitrogens with one attached hydrogen (secondary N) is 2. The summed E-state index contributed by atoms with van der Waals surface area (Å²) in [5, 5.41) is 7.54. The van der Waals surface area contributed by atoms with E-state index in [4.69, 9.17) is 5.73 Å². The molecule has 0 heterocycles. The number of allylic oxidation sites excluding steroid dienone is 4. The van der Waals surface area contributed by atoms with Crippen LogP contribution in [0.4, 0.5) is 5.69 Å². The lowest BCUT2D eigenvalue weighted by Gasteiger charge is -2.34. The average Bonchev–Trinajstić information content (AvgIpc) is 3.04. The van der Waals surface area contributed by atoms with Crippen molar-refractivity contribution in [3.8, 4) is 0 Å². The molecule has 0 spiro atoms. The smallest absolute Gasteiger partial charge is 0.0556 e. The maximum atomic E-state index is 6.50. The molecule has 0 radical (unpaired) electrons. The van der Waals surface area contributed by atoms with Gasteiger partial charge < -0.3 is 16.4 Å². The van der Waals surface area contributed by atoms with Gasteiger partial charge in [0.25, 0.3) is 0 Å². The van der Waals surface area contributed by atoms with Crippen LogP contribution in [0.1, 0.15) is 47.1 Å². The monoisotopic (exact) mass is 535 g/mol. The number of anilines is 1. The summed E-state index contributed by atoms with van der Waals surface area (Å²) < 4.78 is 0. The average molecular weight is 536 g/mol. The fourth-order valence-electron chi connectivity index (χ4n) is 5.87. The normalized spacial score (nSPS) is 19.1. The first kappa shape index (κ1) is 26.6. The van der Waals surface area contributed by atoms with Crippen molar-refractivity contribution >= 4 is 11.4 Å². The van der Waals surface area contributed by atoms with Gasteiger partial charge in [-0.05, 0) is 64.5 Å². The van der Waals surface area contributed by atoms with Gasteiger partial charge in [0.2, 0.25) is 0 Å². The topological polar surface area (TPSA) is 50.1 Å². The lowest BCUT2D eigenvalue weighted by Crippen LogP contribution is -2.30. The minimum atomic E-state index is -0.000710. The highest BCUT2D eigenvalue weighted by Gasteiger charge is 2.29. The fourth-order valence-corrected chi connectivity index (χ4v) is 5.87. The number of nitrogens with two attached hydrogens (primary N) is 1. The van der Waals surface area contributed by atoms with Gasteiger partial charge in [0.1, 0.15) is 0 Å². The minimum Gasteiger partial charge on any atom is -0.398 e. The van der Waals surface area contributed by atoms with Crippen molar-refractivity contribution < 1.29 is 0 Å². The Hall–Kier alpha value is -4.60. The highest BCUT2D eigenvalue weighted by atomic mass is 14.9. The highest BCUT2D eigenvalue weighted by Crippen LogP contribution is 2.40. The van der Waals surface area contributed by atoms with Crippen LogP contribution in [-0.4, -0.2) is 6.04 Å². The predicted molar refractivity (Wildman–Crippen MR) is 172 cm³/mol.